The summed E-state index contributed by atoms with van der Waals surface area (Å²) in [6.45, 7) is 0. The summed E-state index contributed by atoms with van der Waals surface area (Å²) in [7, 11) is 0. The molecule has 0 saturated carbocycles. The summed E-state index contributed by atoms with van der Waals surface area (Å²) in [5.74, 6) is 1.98. The van der Waals surface area contributed by atoms with Crippen LogP contribution in [0.3, 0.4) is 0 Å². The molecule has 2 aromatic rings. The molecular formula is C13H10ClOZn+. The minimum Gasteiger partial charge on any atom is -1.00 e. The number of para-hydroxylation sites is 2. The summed E-state index contributed by atoms with van der Waals surface area (Å²) in [4.78, 5) is 0. The van der Waals surface area contributed by atoms with E-state index in [9.17, 15) is 0 Å². The van der Waals surface area contributed by atoms with E-state index in [1.165, 1.54) is 11.1 Å². The van der Waals surface area contributed by atoms with Gasteiger partial charge in [-0.25, -0.2) is 0 Å². The quantitative estimate of drug-likeness (QED) is 0.542. The zero-order valence-corrected chi connectivity index (χ0v) is 12.5. The van der Waals surface area contributed by atoms with Crippen LogP contribution in [0.25, 0.3) is 0 Å². The van der Waals surface area contributed by atoms with E-state index < -0.39 is 0 Å². The maximum Gasteiger partial charge on any atom is 2.00 e. The zero-order chi connectivity index (χ0) is 9.38. The number of benzene rings is 2. The first-order valence-electron chi connectivity index (χ1n) is 4.77. The van der Waals surface area contributed by atoms with Crippen molar-refractivity contribution in [2.75, 3.05) is 0 Å². The van der Waals surface area contributed by atoms with Crippen LogP contribution in [0.15, 0.2) is 48.5 Å². The molecule has 0 aliphatic carbocycles. The first kappa shape index (κ1) is 13.2. The molecule has 0 saturated heterocycles. The molecule has 0 bridgehead atoms. The van der Waals surface area contributed by atoms with Gasteiger partial charge in [0.1, 0.15) is 11.5 Å². The SMILES string of the molecule is [Cl-].[Zn+2].c1ccc2c(c1)Cc1ccccc1O2. The molecule has 1 nitrogen and oxygen atoms in total. The molecule has 1 aliphatic rings. The molecule has 0 amide bonds. The molecule has 0 atom stereocenters. The number of rotatable bonds is 0. The van der Waals surface area contributed by atoms with Gasteiger partial charge in [-0.1, -0.05) is 36.4 Å². The number of fused-ring (bicyclic) bond motifs is 2. The van der Waals surface area contributed by atoms with Gasteiger partial charge in [-0.3, -0.25) is 0 Å². The van der Waals surface area contributed by atoms with Crippen LogP contribution in [-0.2, 0) is 25.9 Å². The van der Waals surface area contributed by atoms with Gasteiger partial charge in [0.2, 0.25) is 0 Å². The first-order chi connectivity index (χ1) is 6.93. The minimum atomic E-state index is 0. The van der Waals surface area contributed by atoms with Crippen LogP contribution in [0.5, 0.6) is 11.5 Å². The van der Waals surface area contributed by atoms with Crippen LogP contribution in [0.1, 0.15) is 11.1 Å². The van der Waals surface area contributed by atoms with Crippen molar-refractivity contribution in [3.8, 4) is 11.5 Å². The maximum atomic E-state index is 5.78. The van der Waals surface area contributed by atoms with Crippen molar-refractivity contribution >= 4 is 0 Å². The van der Waals surface area contributed by atoms with Gasteiger partial charge >= 0.3 is 19.5 Å². The fourth-order valence-electron chi connectivity index (χ4n) is 1.82. The molecule has 0 fully saturated rings. The second-order valence-corrected chi connectivity index (χ2v) is 3.49. The third kappa shape index (κ3) is 2.29. The van der Waals surface area contributed by atoms with Crippen molar-refractivity contribution in [3.05, 3.63) is 59.7 Å². The third-order valence-corrected chi connectivity index (χ3v) is 2.55. The van der Waals surface area contributed by atoms with E-state index in [-0.39, 0.29) is 31.9 Å². The molecule has 0 unspecified atom stereocenters. The van der Waals surface area contributed by atoms with Gasteiger partial charge in [0.15, 0.2) is 0 Å². The van der Waals surface area contributed by atoms with Crippen LogP contribution < -0.4 is 17.1 Å². The second kappa shape index (κ2) is 5.47. The molecule has 0 N–H and O–H groups in total. The van der Waals surface area contributed by atoms with E-state index >= 15 is 0 Å². The van der Waals surface area contributed by atoms with Gasteiger partial charge in [-0.2, -0.15) is 0 Å². The summed E-state index contributed by atoms with van der Waals surface area (Å²) < 4.78 is 5.78. The van der Waals surface area contributed by atoms with Gasteiger partial charge < -0.3 is 17.1 Å². The molecule has 0 radical (unpaired) electrons. The Hall–Kier alpha value is -0.847. The average Bonchev–Trinajstić information content (AvgIpc) is 2.26. The zero-order valence-electron chi connectivity index (χ0n) is 8.82. The largest absolute Gasteiger partial charge is 2.00 e. The van der Waals surface area contributed by atoms with Crippen LogP contribution >= 0.6 is 0 Å². The first-order valence-corrected chi connectivity index (χ1v) is 4.77. The van der Waals surface area contributed by atoms with Gasteiger partial charge in [-0.15, -0.1) is 0 Å². The fourth-order valence-corrected chi connectivity index (χ4v) is 1.82. The minimum absolute atomic E-state index is 0. The van der Waals surface area contributed by atoms with Crippen LogP contribution in [0.4, 0.5) is 0 Å². The molecule has 76 valence electrons. The van der Waals surface area contributed by atoms with Crippen LogP contribution in [0.2, 0.25) is 0 Å². The molecule has 0 aromatic heterocycles. The van der Waals surface area contributed by atoms with Gasteiger partial charge in [0, 0.05) is 6.42 Å². The van der Waals surface area contributed by atoms with Crippen molar-refractivity contribution in [1.82, 2.24) is 0 Å². The van der Waals surface area contributed by atoms with E-state index in [0.717, 1.165) is 17.9 Å². The average molecular weight is 283 g/mol. The Morgan fingerprint density at radius 2 is 1.19 bits per heavy atom. The molecule has 16 heavy (non-hydrogen) atoms. The predicted molar refractivity (Wildman–Crippen MR) is 55.8 cm³/mol. The molecular weight excluding hydrogens is 273 g/mol. The topological polar surface area (TPSA) is 9.23 Å². The summed E-state index contributed by atoms with van der Waals surface area (Å²) in [5.41, 5.74) is 2.54. The molecule has 0 spiro atoms. The summed E-state index contributed by atoms with van der Waals surface area (Å²) >= 11 is 0. The Kier molecular flexibility index (Phi) is 4.52. The predicted octanol–water partition coefficient (Wildman–Crippen LogP) is 0.385. The van der Waals surface area contributed by atoms with Gasteiger partial charge in [0.25, 0.3) is 0 Å². The number of ether oxygens (including phenoxy) is 1. The molecule has 3 heteroatoms. The summed E-state index contributed by atoms with van der Waals surface area (Å²) in [6, 6.07) is 16.4. The van der Waals surface area contributed by atoms with Crippen molar-refractivity contribution in [2.24, 2.45) is 0 Å². The van der Waals surface area contributed by atoms with Gasteiger partial charge in [0.05, 0.1) is 0 Å². The van der Waals surface area contributed by atoms with Gasteiger partial charge in [-0.05, 0) is 23.3 Å². The van der Waals surface area contributed by atoms with E-state index in [4.69, 9.17) is 4.74 Å². The Morgan fingerprint density at radius 3 is 1.69 bits per heavy atom. The van der Waals surface area contributed by atoms with Crippen molar-refractivity contribution in [1.29, 1.82) is 0 Å². The number of halogens is 1. The smallest absolute Gasteiger partial charge is 1.00 e. The van der Waals surface area contributed by atoms with E-state index in [1.807, 2.05) is 24.3 Å². The molecule has 1 heterocycles. The van der Waals surface area contributed by atoms with Crippen molar-refractivity contribution < 1.29 is 36.6 Å². The Morgan fingerprint density at radius 1 is 0.750 bits per heavy atom. The van der Waals surface area contributed by atoms with E-state index in [1.54, 1.807) is 0 Å². The Labute approximate surface area is 114 Å². The van der Waals surface area contributed by atoms with Crippen molar-refractivity contribution in [3.63, 3.8) is 0 Å². The standard InChI is InChI=1S/C13H10O.ClH.Zn/c1-3-7-12-10(5-1)9-11-6-2-4-8-13(11)14-12;;/h1-8H,9H2;1H;/q;;+2/p-1. The fraction of sp³-hybridized carbons (Fsp3) is 0.0769. The van der Waals surface area contributed by atoms with Crippen LogP contribution in [-0.4, -0.2) is 0 Å². The molecule has 3 rings (SSSR count). The van der Waals surface area contributed by atoms with Crippen LogP contribution in [0, 0.1) is 0 Å². The second-order valence-electron chi connectivity index (χ2n) is 3.49. The number of hydrogen-bond donors (Lipinski definition) is 0. The van der Waals surface area contributed by atoms with E-state index in [0.29, 0.717) is 0 Å². The molecule has 1 aliphatic heterocycles. The van der Waals surface area contributed by atoms with Crippen molar-refractivity contribution in [2.45, 2.75) is 6.42 Å². The Balaban J connectivity index is 0.000000640. The third-order valence-electron chi connectivity index (χ3n) is 2.55. The normalized spacial score (nSPS) is 11.0. The maximum absolute atomic E-state index is 5.78. The summed E-state index contributed by atoms with van der Waals surface area (Å²) in [5, 5.41) is 0. The Bertz CT molecular complexity index is 397. The number of hydrogen-bond acceptors (Lipinski definition) is 1. The summed E-state index contributed by atoms with van der Waals surface area (Å²) in [6.07, 6.45) is 0.979. The molecule has 2 aromatic carbocycles. The van der Waals surface area contributed by atoms with E-state index in [2.05, 4.69) is 24.3 Å². The monoisotopic (exact) mass is 281 g/mol.